The van der Waals surface area contributed by atoms with E-state index in [0.717, 1.165) is 12.8 Å². The number of hydrogen-bond acceptors (Lipinski definition) is 4. The maximum absolute atomic E-state index is 10.8. The van der Waals surface area contributed by atoms with Gasteiger partial charge < -0.3 is 20.4 Å². The van der Waals surface area contributed by atoms with E-state index in [9.17, 15) is 15.3 Å². The van der Waals surface area contributed by atoms with Gasteiger partial charge in [-0.25, -0.2) is 0 Å². The lowest BCUT2D eigenvalue weighted by molar-refractivity contribution is -0.179. The predicted molar refractivity (Wildman–Crippen MR) is 72.3 cm³/mol. The van der Waals surface area contributed by atoms with Crippen LogP contribution in [0.4, 0.5) is 0 Å². The molecule has 0 aromatic rings. The average molecular weight is 262 g/mol. The Bertz CT molecular complexity index is 220. The van der Waals surface area contributed by atoms with Gasteiger partial charge in [-0.15, -0.1) is 0 Å². The van der Waals surface area contributed by atoms with Gasteiger partial charge in [0.25, 0.3) is 0 Å². The van der Waals surface area contributed by atoms with Crippen molar-refractivity contribution in [2.24, 2.45) is 0 Å². The first-order valence-electron chi connectivity index (χ1n) is 7.09. The second-order valence-electron chi connectivity index (χ2n) is 5.44. The molecule has 0 saturated heterocycles. The van der Waals surface area contributed by atoms with E-state index in [1.165, 1.54) is 0 Å². The molecule has 4 heteroatoms. The van der Waals surface area contributed by atoms with Crippen LogP contribution in [0.5, 0.6) is 0 Å². The van der Waals surface area contributed by atoms with Crippen molar-refractivity contribution < 1.29 is 20.4 Å². The molecule has 0 bridgehead atoms. The first-order chi connectivity index (χ1) is 8.35. The van der Waals surface area contributed by atoms with Gasteiger partial charge in [0, 0.05) is 13.0 Å². The lowest BCUT2D eigenvalue weighted by atomic mass is 9.71. The minimum atomic E-state index is -1.28. The van der Waals surface area contributed by atoms with E-state index in [-0.39, 0.29) is 13.0 Å². The number of aliphatic hydroxyl groups excluding tert-OH is 2. The van der Waals surface area contributed by atoms with Crippen LogP contribution in [0.15, 0.2) is 0 Å². The summed E-state index contributed by atoms with van der Waals surface area (Å²) >= 11 is 0. The molecule has 0 fully saturated rings. The number of hydrogen-bond donors (Lipinski definition) is 4. The van der Waals surface area contributed by atoms with E-state index in [1.54, 1.807) is 6.92 Å². The third-order valence-corrected chi connectivity index (χ3v) is 3.57. The first kappa shape index (κ1) is 17.8. The second kappa shape index (κ2) is 8.10. The van der Waals surface area contributed by atoms with Crippen molar-refractivity contribution in [2.75, 3.05) is 6.61 Å². The van der Waals surface area contributed by atoms with Gasteiger partial charge in [-0.05, 0) is 32.6 Å². The SMILES string of the molecule is CCCC(O)(CCCO)C(O)(CCC)CC(C)O. The molecule has 4 N–H and O–H groups in total. The molecule has 0 rings (SSSR count). The van der Waals surface area contributed by atoms with Crippen LogP contribution >= 0.6 is 0 Å². The summed E-state index contributed by atoms with van der Waals surface area (Å²) < 4.78 is 0. The summed E-state index contributed by atoms with van der Waals surface area (Å²) in [6.45, 7) is 5.53. The minimum Gasteiger partial charge on any atom is -0.396 e. The van der Waals surface area contributed by atoms with Gasteiger partial charge in [0.05, 0.1) is 17.3 Å². The molecule has 0 heterocycles. The normalized spacial score (nSPS) is 20.2. The summed E-state index contributed by atoms with van der Waals surface area (Å²) in [5.74, 6) is 0. The molecule has 0 saturated carbocycles. The average Bonchev–Trinajstić information content (AvgIpc) is 2.26. The Hall–Kier alpha value is -0.160. The molecule has 0 aliphatic heterocycles. The summed E-state index contributed by atoms with van der Waals surface area (Å²) in [5, 5.41) is 40.0. The summed E-state index contributed by atoms with van der Waals surface area (Å²) in [7, 11) is 0. The summed E-state index contributed by atoms with van der Waals surface area (Å²) in [5.41, 5.74) is -2.50. The van der Waals surface area contributed by atoms with E-state index < -0.39 is 17.3 Å². The second-order valence-corrected chi connectivity index (χ2v) is 5.44. The first-order valence-corrected chi connectivity index (χ1v) is 7.09. The molecule has 110 valence electrons. The van der Waals surface area contributed by atoms with Crippen molar-refractivity contribution in [1.29, 1.82) is 0 Å². The molecule has 0 aromatic heterocycles. The van der Waals surface area contributed by atoms with Gasteiger partial charge in [0.15, 0.2) is 0 Å². The molecule has 0 aliphatic rings. The molecule has 0 aromatic carbocycles. The molecule has 3 atom stereocenters. The van der Waals surface area contributed by atoms with Crippen molar-refractivity contribution in [3.63, 3.8) is 0 Å². The van der Waals surface area contributed by atoms with Crippen LogP contribution in [0, 0.1) is 0 Å². The molecule has 4 nitrogen and oxygen atoms in total. The Balaban J connectivity index is 5.05. The van der Waals surface area contributed by atoms with Gasteiger partial charge in [0.1, 0.15) is 0 Å². The van der Waals surface area contributed by atoms with Crippen molar-refractivity contribution in [2.45, 2.75) is 83.0 Å². The maximum atomic E-state index is 10.8. The van der Waals surface area contributed by atoms with Crippen LogP contribution in [0.3, 0.4) is 0 Å². The summed E-state index contributed by atoms with van der Waals surface area (Å²) in [6, 6.07) is 0. The van der Waals surface area contributed by atoms with Gasteiger partial charge >= 0.3 is 0 Å². The Kier molecular flexibility index (Phi) is 8.03. The zero-order chi connectivity index (χ0) is 14.2. The van der Waals surface area contributed by atoms with Crippen LogP contribution in [-0.2, 0) is 0 Å². The lowest BCUT2D eigenvalue weighted by Gasteiger charge is -2.45. The van der Waals surface area contributed by atoms with E-state index in [1.807, 2.05) is 13.8 Å². The van der Waals surface area contributed by atoms with E-state index in [0.29, 0.717) is 25.7 Å². The van der Waals surface area contributed by atoms with Gasteiger partial charge in [0.2, 0.25) is 0 Å². The Morgan fingerprint density at radius 2 is 1.44 bits per heavy atom. The van der Waals surface area contributed by atoms with Crippen LogP contribution in [-0.4, -0.2) is 44.3 Å². The van der Waals surface area contributed by atoms with Crippen molar-refractivity contribution in [3.05, 3.63) is 0 Å². The topological polar surface area (TPSA) is 80.9 Å². The van der Waals surface area contributed by atoms with Crippen molar-refractivity contribution >= 4 is 0 Å². The van der Waals surface area contributed by atoms with E-state index in [4.69, 9.17) is 5.11 Å². The minimum absolute atomic E-state index is 0.00288. The molecule has 3 unspecified atom stereocenters. The van der Waals surface area contributed by atoms with Gasteiger partial charge in [-0.2, -0.15) is 0 Å². The van der Waals surface area contributed by atoms with Gasteiger partial charge in [-0.3, -0.25) is 0 Å². The fourth-order valence-corrected chi connectivity index (χ4v) is 2.80. The Morgan fingerprint density at radius 1 is 0.944 bits per heavy atom. The number of aliphatic hydroxyl groups is 4. The zero-order valence-corrected chi connectivity index (χ0v) is 12.0. The highest BCUT2D eigenvalue weighted by Gasteiger charge is 2.47. The standard InChI is InChI=1S/C14H30O4/c1-4-7-13(17,9-6-10-15)14(18,8-5-2)11-12(3)16/h12,15-18H,4-11H2,1-3H3. The van der Waals surface area contributed by atoms with Crippen LogP contribution in [0.2, 0.25) is 0 Å². The highest BCUT2D eigenvalue weighted by atomic mass is 16.4. The molecular weight excluding hydrogens is 232 g/mol. The summed E-state index contributed by atoms with van der Waals surface area (Å²) in [4.78, 5) is 0. The fraction of sp³-hybridized carbons (Fsp3) is 1.00. The molecule has 0 aliphatic carbocycles. The van der Waals surface area contributed by atoms with E-state index in [2.05, 4.69) is 0 Å². The van der Waals surface area contributed by atoms with Crippen LogP contribution in [0.1, 0.15) is 65.7 Å². The van der Waals surface area contributed by atoms with Crippen LogP contribution < -0.4 is 0 Å². The molecule has 0 radical (unpaired) electrons. The highest BCUT2D eigenvalue weighted by molar-refractivity contribution is 5.00. The lowest BCUT2D eigenvalue weighted by Crippen LogP contribution is -2.55. The molecule has 0 spiro atoms. The third kappa shape index (κ3) is 4.84. The monoisotopic (exact) mass is 262 g/mol. The predicted octanol–water partition coefficient (Wildman–Crippen LogP) is 1.59. The third-order valence-electron chi connectivity index (χ3n) is 3.57. The largest absolute Gasteiger partial charge is 0.396 e. The Labute approximate surface area is 111 Å². The van der Waals surface area contributed by atoms with Gasteiger partial charge in [-0.1, -0.05) is 26.7 Å². The summed E-state index contributed by atoms with van der Waals surface area (Å²) in [6.07, 6.45) is 2.78. The van der Waals surface area contributed by atoms with Crippen molar-refractivity contribution in [1.82, 2.24) is 0 Å². The highest BCUT2D eigenvalue weighted by Crippen LogP contribution is 2.38. The Morgan fingerprint density at radius 3 is 1.83 bits per heavy atom. The van der Waals surface area contributed by atoms with E-state index >= 15 is 0 Å². The maximum Gasteiger partial charge on any atom is 0.0957 e. The smallest absolute Gasteiger partial charge is 0.0957 e. The van der Waals surface area contributed by atoms with Crippen LogP contribution in [0.25, 0.3) is 0 Å². The molecule has 18 heavy (non-hydrogen) atoms. The number of rotatable bonds is 10. The molecule has 0 amide bonds. The fourth-order valence-electron chi connectivity index (χ4n) is 2.80. The quantitative estimate of drug-likeness (QED) is 0.482. The zero-order valence-electron chi connectivity index (χ0n) is 12.0. The molecular formula is C14H30O4. The van der Waals surface area contributed by atoms with Crippen molar-refractivity contribution in [3.8, 4) is 0 Å².